The van der Waals surface area contributed by atoms with Crippen molar-refractivity contribution >= 4 is 28.2 Å². The van der Waals surface area contributed by atoms with E-state index in [0.717, 1.165) is 10.4 Å². The van der Waals surface area contributed by atoms with Crippen molar-refractivity contribution in [1.29, 1.82) is 0 Å². The molecule has 150 valence electrons. The predicted molar refractivity (Wildman–Crippen MR) is 115 cm³/mol. The fourth-order valence-electron chi connectivity index (χ4n) is 2.92. The average molecular weight is 410 g/mol. The van der Waals surface area contributed by atoms with E-state index in [4.69, 9.17) is 9.47 Å². The van der Waals surface area contributed by atoms with Gasteiger partial charge in [-0.15, -0.1) is 11.3 Å². The molecule has 0 saturated carbocycles. The van der Waals surface area contributed by atoms with Crippen molar-refractivity contribution in [3.8, 4) is 5.75 Å². The number of nitrogens with one attached hydrogen (secondary N) is 1. The zero-order chi connectivity index (χ0) is 20.8. The number of methoxy groups -OCH3 is 1. The minimum Gasteiger partial charge on any atom is -0.497 e. The van der Waals surface area contributed by atoms with Gasteiger partial charge in [0.05, 0.1) is 19.3 Å². The summed E-state index contributed by atoms with van der Waals surface area (Å²) < 4.78 is 10.4. The van der Waals surface area contributed by atoms with E-state index in [-0.39, 0.29) is 18.4 Å². The first-order valence-corrected chi connectivity index (χ1v) is 10.2. The van der Waals surface area contributed by atoms with Gasteiger partial charge in [0, 0.05) is 16.4 Å². The Morgan fingerprint density at radius 1 is 1.07 bits per heavy atom. The number of rotatable bonds is 7. The van der Waals surface area contributed by atoms with Crippen LogP contribution >= 0.6 is 11.3 Å². The van der Waals surface area contributed by atoms with Gasteiger partial charge in [-0.1, -0.05) is 43.3 Å². The van der Waals surface area contributed by atoms with Crippen molar-refractivity contribution in [2.24, 2.45) is 0 Å². The summed E-state index contributed by atoms with van der Waals surface area (Å²) in [5, 5.41) is 3.35. The summed E-state index contributed by atoms with van der Waals surface area (Å²) >= 11 is 1.39. The third-order valence-electron chi connectivity index (χ3n) is 4.53. The molecule has 0 fully saturated rings. The summed E-state index contributed by atoms with van der Waals surface area (Å²) in [4.78, 5) is 26.2. The van der Waals surface area contributed by atoms with Crippen molar-refractivity contribution in [2.75, 3.05) is 19.0 Å². The van der Waals surface area contributed by atoms with E-state index in [2.05, 4.69) is 12.2 Å². The zero-order valence-electron chi connectivity index (χ0n) is 16.6. The standard InChI is InChI=1S/C23H23NO4S/c1-4-28-23(26)19-14-20(15(2)16-9-6-5-7-10-16)29-22(19)24-21(25)17-11-8-12-18(13-17)27-3/h5-15H,4H2,1-3H3,(H,24,25)/t15-/m0/s1. The van der Waals surface area contributed by atoms with Crippen LogP contribution in [0.5, 0.6) is 5.75 Å². The molecule has 0 saturated heterocycles. The minimum atomic E-state index is -0.448. The van der Waals surface area contributed by atoms with Crippen LogP contribution in [0.25, 0.3) is 0 Å². The third-order valence-corrected chi connectivity index (χ3v) is 5.77. The number of amides is 1. The summed E-state index contributed by atoms with van der Waals surface area (Å²) in [6.07, 6.45) is 0. The molecule has 5 nitrogen and oxygen atoms in total. The molecule has 1 aromatic heterocycles. The first kappa shape index (κ1) is 20.6. The maximum atomic E-state index is 12.8. The van der Waals surface area contributed by atoms with E-state index >= 15 is 0 Å². The normalized spacial score (nSPS) is 11.6. The summed E-state index contributed by atoms with van der Waals surface area (Å²) in [7, 11) is 1.55. The van der Waals surface area contributed by atoms with Crippen LogP contribution in [0.4, 0.5) is 5.00 Å². The molecular weight excluding hydrogens is 386 g/mol. The monoisotopic (exact) mass is 409 g/mol. The number of hydrogen-bond donors (Lipinski definition) is 1. The Morgan fingerprint density at radius 3 is 2.52 bits per heavy atom. The Hall–Kier alpha value is -3.12. The Bertz CT molecular complexity index is 997. The van der Waals surface area contributed by atoms with Gasteiger partial charge in [-0.25, -0.2) is 4.79 Å². The zero-order valence-corrected chi connectivity index (χ0v) is 17.4. The van der Waals surface area contributed by atoms with Crippen molar-refractivity contribution in [3.05, 3.63) is 82.2 Å². The molecule has 1 N–H and O–H groups in total. The molecular formula is C23H23NO4S. The molecule has 0 radical (unpaired) electrons. The first-order chi connectivity index (χ1) is 14.0. The second kappa shape index (κ2) is 9.39. The molecule has 3 rings (SSSR count). The summed E-state index contributed by atoms with van der Waals surface area (Å²) in [6.45, 7) is 4.09. The molecule has 3 aromatic rings. The number of hydrogen-bond acceptors (Lipinski definition) is 5. The lowest BCUT2D eigenvalue weighted by atomic mass is 9.99. The van der Waals surface area contributed by atoms with Gasteiger partial charge in [0.2, 0.25) is 0 Å². The number of thiophene rings is 1. The molecule has 1 atom stereocenters. The maximum Gasteiger partial charge on any atom is 0.341 e. The van der Waals surface area contributed by atoms with Crippen LogP contribution in [-0.2, 0) is 4.74 Å². The van der Waals surface area contributed by atoms with E-state index in [0.29, 0.717) is 21.9 Å². The highest BCUT2D eigenvalue weighted by Crippen LogP contribution is 2.36. The van der Waals surface area contributed by atoms with Crippen molar-refractivity contribution < 1.29 is 19.1 Å². The fraction of sp³-hybridized carbons (Fsp3) is 0.217. The summed E-state index contributed by atoms with van der Waals surface area (Å²) in [5.74, 6) is -0.0869. The van der Waals surface area contributed by atoms with Gasteiger partial charge >= 0.3 is 5.97 Å². The van der Waals surface area contributed by atoms with E-state index < -0.39 is 5.97 Å². The van der Waals surface area contributed by atoms with E-state index in [1.165, 1.54) is 11.3 Å². The quantitative estimate of drug-likeness (QED) is 0.535. The summed E-state index contributed by atoms with van der Waals surface area (Å²) in [5.41, 5.74) is 1.95. The SMILES string of the molecule is CCOC(=O)c1cc([C@@H](C)c2ccccc2)sc1NC(=O)c1cccc(OC)c1. The summed E-state index contributed by atoms with van der Waals surface area (Å²) in [6, 6.07) is 18.7. The number of esters is 1. The van der Waals surface area contributed by atoms with Crippen LogP contribution in [0.3, 0.4) is 0 Å². The van der Waals surface area contributed by atoms with Crippen LogP contribution in [0.2, 0.25) is 0 Å². The molecule has 0 aliphatic heterocycles. The number of carbonyl (C=O) groups excluding carboxylic acids is 2. The molecule has 0 aliphatic rings. The molecule has 0 aliphatic carbocycles. The maximum absolute atomic E-state index is 12.8. The number of anilines is 1. The smallest absolute Gasteiger partial charge is 0.341 e. The Labute approximate surface area is 174 Å². The number of ether oxygens (including phenoxy) is 2. The first-order valence-electron chi connectivity index (χ1n) is 9.34. The highest BCUT2D eigenvalue weighted by molar-refractivity contribution is 7.16. The fourth-order valence-corrected chi connectivity index (χ4v) is 4.04. The second-order valence-electron chi connectivity index (χ2n) is 6.43. The Morgan fingerprint density at radius 2 is 1.83 bits per heavy atom. The van der Waals surface area contributed by atoms with Crippen LogP contribution < -0.4 is 10.1 Å². The molecule has 2 aromatic carbocycles. The predicted octanol–water partition coefficient (Wildman–Crippen LogP) is 5.34. The lowest BCUT2D eigenvalue weighted by Gasteiger charge is -2.09. The van der Waals surface area contributed by atoms with E-state index in [1.807, 2.05) is 36.4 Å². The molecule has 1 heterocycles. The van der Waals surface area contributed by atoms with Gasteiger partial charge in [0.25, 0.3) is 5.91 Å². The van der Waals surface area contributed by atoms with Gasteiger partial charge in [0.15, 0.2) is 0 Å². The van der Waals surface area contributed by atoms with Gasteiger partial charge < -0.3 is 14.8 Å². The topological polar surface area (TPSA) is 64.6 Å². The molecule has 6 heteroatoms. The molecule has 0 unspecified atom stereocenters. The molecule has 1 amide bonds. The van der Waals surface area contributed by atoms with E-state index in [1.54, 1.807) is 38.3 Å². The van der Waals surface area contributed by atoms with Gasteiger partial charge in [0.1, 0.15) is 10.8 Å². The van der Waals surface area contributed by atoms with Gasteiger partial charge in [-0.3, -0.25) is 4.79 Å². The highest BCUT2D eigenvalue weighted by Gasteiger charge is 2.22. The molecule has 0 bridgehead atoms. The van der Waals surface area contributed by atoms with Crippen LogP contribution in [0.15, 0.2) is 60.7 Å². The van der Waals surface area contributed by atoms with Crippen LogP contribution in [0.1, 0.15) is 50.9 Å². The van der Waals surface area contributed by atoms with Crippen molar-refractivity contribution in [1.82, 2.24) is 0 Å². The third kappa shape index (κ3) is 4.84. The number of carbonyl (C=O) groups is 2. The lowest BCUT2D eigenvalue weighted by molar-refractivity contribution is 0.0528. The van der Waals surface area contributed by atoms with Crippen LogP contribution in [-0.4, -0.2) is 25.6 Å². The Balaban J connectivity index is 1.92. The Kier molecular flexibility index (Phi) is 6.67. The largest absolute Gasteiger partial charge is 0.497 e. The van der Waals surface area contributed by atoms with Crippen molar-refractivity contribution in [3.63, 3.8) is 0 Å². The minimum absolute atomic E-state index is 0.0804. The lowest BCUT2D eigenvalue weighted by Crippen LogP contribution is -2.14. The highest BCUT2D eigenvalue weighted by atomic mass is 32.1. The molecule has 29 heavy (non-hydrogen) atoms. The van der Waals surface area contributed by atoms with Gasteiger partial charge in [-0.05, 0) is 36.8 Å². The van der Waals surface area contributed by atoms with Crippen LogP contribution in [0, 0.1) is 0 Å². The average Bonchev–Trinajstić information content (AvgIpc) is 3.17. The van der Waals surface area contributed by atoms with Gasteiger partial charge in [-0.2, -0.15) is 0 Å². The number of benzene rings is 2. The molecule has 0 spiro atoms. The van der Waals surface area contributed by atoms with E-state index in [9.17, 15) is 9.59 Å². The van der Waals surface area contributed by atoms with Crippen molar-refractivity contribution in [2.45, 2.75) is 19.8 Å². The second-order valence-corrected chi connectivity index (χ2v) is 7.51.